The fourth-order valence-electron chi connectivity index (χ4n) is 1.47. The highest BCUT2D eigenvalue weighted by atomic mass is 32.2. The van der Waals surface area contributed by atoms with Gasteiger partial charge in [0.1, 0.15) is 0 Å². The Morgan fingerprint density at radius 1 is 1.69 bits per heavy atom. The van der Waals surface area contributed by atoms with Gasteiger partial charge in [-0.15, -0.1) is 0 Å². The first-order chi connectivity index (χ1) is 6.09. The first-order valence-electron chi connectivity index (χ1n) is 4.41. The van der Waals surface area contributed by atoms with Crippen LogP contribution in [0.25, 0.3) is 0 Å². The summed E-state index contributed by atoms with van der Waals surface area (Å²) < 4.78 is 16.0. The van der Waals surface area contributed by atoms with Gasteiger partial charge in [0, 0.05) is 28.9 Å². The summed E-state index contributed by atoms with van der Waals surface area (Å²) in [5.41, 5.74) is 0. The number of nitrogens with one attached hydrogen (secondary N) is 1. The van der Waals surface area contributed by atoms with Crippen molar-refractivity contribution in [1.29, 1.82) is 0 Å². The molecule has 13 heavy (non-hydrogen) atoms. The first kappa shape index (κ1) is 11.1. The molecule has 4 unspecified atom stereocenters. The zero-order valence-electron chi connectivity index (χ0n) is 8.03. The molecule has 5 heteroatoms. The molecule has 0 aromatic rings. The van der Waals surface area contributed by atoms with Crippen molar-refractivity contribution in [3.8, 4) is 0 Å². The van der Waals surface area contributed by atoms with Gasteiger partial charge in [0.2, 0.25) is 0 Å². The van der Waals surface area contributed by atoms with Crippen molar-refractivity contribution < 1.29 is 14.1 Å². The molecule has 4 atom stereocenters. The lowest BCUT2D eigenvalue weighted by molar-refractivity contribution is 0.121. The van der Waals surface area contributed by atoms with E-state index in [2.05, 4.69) is 5.32 Å². The second-order valence-electron chi connectivity index (χ2n) is 3.52. The molecule has 0 bridgehead atoms. The summed E-state index contributed by atoms with van der Waals surface area (Å²) >= 11 is 0. The van der Waals surface area contributed by atoms with E-state index in [1.165, 1.54) is 0 Å². The van der Waals surface area contributed by atoms with Crippen molar-refractivity contribution >= 4 is 10.8 Å². The lowest BCUT2D eigenvalue weighted by atomic mass is 10.2. The molecule has 2 N–H and O–H groups in total. The summed E-state index contributed by atoms with van der Waals surface area (Å²) in [5, 5.41) is 12.6. The molecule has 1 rings (SSSR count). The van der Waals surface area contributed by atoms with Gasteiger partial charge in [0.15, 0.2) is 0 Å². The van der Waals surface area contributed by atoms with Crippen LogP contribution in [0.1, 0.15) is 6.92 Å². The molecule has 78 valence electrons. The van der Waals surface area contributed by atoms with Gasteiger partial charge in [0.25, 0.3) is 0 Å². The van der Waals surface area contributed by atoms with Crippen molar-refractivity contribution in [2.45, 2.75) is 25.1 Å². The van der Waals surface area contributed by atoms with Gasteiger partial charge < -0.3 is 15.2 Å². The standard InChI is InChI=1S/C8H17NO3S/c1-6(5-13(2)11)9-7-3-12-4-8(7)10/h6-10H,3-5H2,1-2H3. The fourth-order valence-corrected chi connectivity index (χ4v) is 2.27. The Morgan fingerprint density at radius 2 is 2.38 bits per heavy atom. The van der Waals surface area contributed by atoms with E-state index in [1.807, 2.05) is 6.92 Å². The molecule has 0 saturated carbocycles. The van der Waals surface area contributed by atoms with Crippen molar-refractivity contribution in [3.05, 3.63) is 0 Å². The number of ether oxygens (including phenoxy) is 1. The van der Waals surface area contributed by atoms with Crippen LogP contribution < -0.4 is 5.32 Å². The predicted octanol–water partition coefficient (Wildman–Crippen LogP) is -0.897. The highest BCUT2D eigenvalue weighted by molar-refractivity contribution is 7.84. The summed E-state index contributed by atoms with van der Waals surface area (Å²) in [4.78, 5) is 0. The molecular formula is C8H17NO3S. The van der Waals surface area contributed by atoms with Gasteiger partial charge in [-0.1, -0.05) is 0 Å². The summed E-state index contributed by atoms with van der Waals surface area (Å²) in [6.45, 7) is 2.91. The van der Waals surface area contributed by atoms with E-state index in [0.717, 1.165) is 0 Å². The Bertz CT molecular complexity index is 188. The summed E-state index contributed by atoms with van der Waals surface area (Å²) in [6.07, 6.45) is 1.26. The van der Waals surface area contributed by atoms with Gasteiger partial charge in [-0.05, 0) is 6.92 Å². The third kappa shape index (κ3) is 3.72. The lowest BCUT2D eigenvalue weighted by Gasteiger charge is -2.19. The van der Waals surface area contributed by atoms with Gasteiger partial charge in [-0.25, -0.2) is 0 Å². The Balaban J connectivity index is 2.26. The molecular weight excluding hydrogens is 190 g/mol. The molecule has 0 amide bonds. The Labute approximate surface area is 81.1 Å². The van der Waals surface area contributed by atoms with E-state index < -0.39 is 16.9 Å². The Kier molecular flexibility index (Phi) is 4.31. The van der Waals surface area contributed by atoms with E-state index in [9.17, 15) is 9.32 Å². The van der Waals surface area contributed by atoms with Gasteiger partial charge in [-0.3, -0.25) is 4.21 Å². The first-order valence-corrected chi connectivity index (χ1v) is 6.14. The van der Waals surface area contributed by atoms with Crippen LogP contribution in [-0.4, -0.2) is 52.7 Å². The largest absolute Gasteiger partial charge is 0.389 e. The molecule has 1 aliphatic rings. The third-order valence-corrected chi connectivity index (χ3v) is 3.00. The SMILES string of the molecule is CC(CS(C)=O)NC1COCC1O. The monoisotopic (exact) mass is 207 g/mol. The molecule has 0 radical (unpaired) electrons. The zero-order valence-corrected chi connectivity index (χ0v) is 8.84. The van der Waals surface area contributed by atoms with E-state index in [0.29, 0.717) is 19.0 Å². The van der Waals surface area contributed by atoms with E-state index in [1.54, 1.807) is 6.26 Å². The Hall–Kier alpha value is 0.0300. The molecule has 1 aliphatic heterocycles. The summed E-state index contributed by atoms with van der Waals surface area (Å²) in [6, 6.07) is 0.158. The quantitative estimate of drug-likeness (QED) is 0.627. The van der Waals surface area contributed by atoms with Crippen LogP contribution in [0.3, 0.4) is 0 Å². The van der Waals surface area contributed by atoms with Crippen molar-refractivity contribution in [2.75, 3.05) is 25.2 Å². The number of aliphatic hydroxyl groups excluding tert-OH is 1. The van der Waals surface area contributed by atoms with Crippen molar-refractivity contribution in [2.24, 2.45) is 0 Å². The van der Waals surface area contributed by atoms with Gasteiger partial charge in [0.05, 0.1) is 25.4 Å². The van der Waals surface area contributed by atoms with Crippen LogP contribution in [0.4, 0.5) is 0 Å². The van der Waals surface area contributed by atoms with E-state index in [-0.39, 0.29) is 12.1 Å². The second kappa shape index (κ2) is 5.05. The Morgan fingerprint density at radius 3 is 2.85 bits per heavy atom. The minimum atomic E-state index is -0.792. The molecule has 0 aromatic carbocycles. The van der Waals surface area contributed by atoms with Crippen LogP contribution in [0.15, 0.2) is 0 Å². The summed E-state index contributed by atoms with van der Waals surface area (Å²) in [5.74, 6) is 0.614. The topological polar surface area (TPSA) is 58.6 Å². The van der Waals surface area contributed by atoms with E-state index in [4.69, 9.17) is 4.74 Å². The third-order valence-electron chi connectivity index (χ3n) is 2.03. The average Bonchev–Trinajstić information content (AvgIpc) is 2.34. The zero-order chi connectivity index (χ0) is 9.84. The fraction of sp³-hybridized carbons (Fsp3) is 1.00. The van der Waals surface area contributed by atoms with Crippen LogP contribution >= 0.6 is 0 Å². The van der Waals surface area contributed by atoms with Crippen LogP contribution in [-0.2, 0) is 15.5 Å². The normalized spacial score (nSPS) is 33.2. The molecule has 1 saturated heterocycles. The van der Waals surface area contributed by atoms with Crippen LogP contribution in [0.5, 0.6) is 0 Å². The molecule has 0 aliphatic carbocycles. The molecule has 1 fully saturated rings. The minimum Gasteiger partial charge on any atom is -0.389 e. The predicted molar refractivity (Wildman–Crippen MR) is 52.1 cm³/mol. The smallest absolute Gasteiger partial charge is 0.0948 e. The second-order valence-corrected chi connectivity index (χ2v) is 5.00. The van der Waals surface area contributed by atoms with Gasteiger partial charge in [-0.2, -0.15) is 0 Å². The number of hydrogen-bond donors (Lipinski definition) is 2. The van der Waals surface area contributed by atoms with Crippen molar-refractivity contribution in [1.82, 2.24) is 5.32 Å². The average molecular weight is 207 g/mol. The lowest BCUT2D eigenvalue weighted by Crippen LogP contribution is -2.45. The van der Waals surface area contributed by atoms with Crippen molar-refractivity contribution in [3.63, 3.8) is 0 Å². The highest BCUT2D eigenvalue weighted by Crippen LogP contribution is 2.06. The molecule has 4 nitrogen and oxygen atoms in total. The maximum absolute atomic E-state index is 10.9. The van der Waals surface area contributed by atoms with E-state index >= 15 is 0 Å². The van der Waals surface area contributed by atoms with Gasteiger partial charge >= 0.3 is 0 Å². The number of hydrogen-bond acceptors (Lipinski definition) is 4. The highest BCUT2D eigenvalue weighted by Gasteiger charge is 2.26. The number of aliphatic hydroxyl groups is 1. The summed E-state index contributed by atoms with van der Waals surface area (Å²) in [7, 11) is -0.792. The minimum absolute atomic E-state index is 0.00134. The maximum atomic E-state index is 10.9. The molecule has 0 spiro atoms. The maximum Gasteiger partial charge on any atom is 0.0948 e. The molecule has 0 aromatic heterocycles. The van der Waals surface area contributed by atoms with Crippen LogP contribution in [0.2, 0.25) is 0 Å². The van der Waals surface area contributed by atoms with Crippen LogP contribution in [0, 0.1) is 0 Å². The molecule has 1 heterocycles. The number of rotatable bonds is 4.